The minimum atomic E-state index is -4.39. The van der Waals surface area contributed by atoms with Crippen LogP contribution >= 0.6 is 0 Å². The summed E-state index contributed by atoms with van der Waals surface area (Å²) in [6.45, 7) is 0. The highest BCUT2D eigenvalue weighted by Gasteiger charge is 2.30. The fourth-order valence-corrected chi connectivity index (χ4v) is 2.79. The molecule has 0 radical (unpaired) electrons. The largest absolute Gasteiger partial charge is 0.416 e. The van der Waals surface area contributed by atoms with Crippen LogP contribution in [0.25, 0.3) is 11.1 Å². The molecular weight excluding hydrogens is 365 g/mol. The third kappa shape index (κ3) is 4.01. The van der Waals surface area contributed by atoms with Crippen LogP contribution in [0.1, 0.15) is 22.3 Å². The number of H-pyrrole nitrogens is 1. The number of alkyl halides is 3. The first-order valence-corrected chi connectivity index (χ1v) is 8.33. The molecule has 0 saturated heterocycles. The van der Waals surface area contributed by atoms with Crippen molar-refractivity contribution in [3.63, 3.8) is 0 Å². The van der Waals surface area contributed by atoms with Crippen LogP contribution in [0.4, 0.5) is 19.0 Å². The third-order valence-corrected chi connectivity index (χ3v) is 4.13. The van der Waals surface area contributed by atoms with Crippen molar-refractivity contribution in [3.05, 3.63) is 77.0 Å². The smallest absolute Gasteiger partial charge is 0.384 e. The molecule has 4 nitrogen and oxygen atoms in total. The number of halogens is 3. The first kappa shape index (κ1) is 19.1. The zero-order chi connectivity index (χ0) is 20.3. The summed E-state index contributed by atoms with van der Waals surface area (Å²) in [4.78, 5) is 2.96. The number of hydrogen-bond donors (Lipinski definition) is 4. The van der Waals surface area contributed by atoms with Gasteiger partial charge in [-0.15, -0.1) is 0 Å². The lowest BCUT2D eigenvalue weighted by Gasteiger charge is -2.09. The normalized spacial score (nSPS) is 10.9. The van der Waals surface area contributed by atoms with Crippen molar-refractivity contribution in [1.82, 2.24) is 4.98 Å². The molecule has 0 saturated carbocycles. The number of benzene rings is 2. The van der Waals surface area contributed by atoms with Gasteiger partial charge >= 0.3 is 6.18 Å². The molecule has 5 N–H and O–H groups in total. The first-order chi connectivity index (χ1) is 13.3. The number of rotatable bonds is 3. The van der Waals surface area contributed by atoms with Gasteiger partial charge in [0.15, 0.2) is 0 Å². The van der Waals surface area contributed by atoms with E-state index in [-0.39, 0.29) is 5.84 Å². The van der Waals surface area contributed by atoms with E-state index in [2.05, 4.69) is 22.1 Å². The van der Waals surface area contributed by atoms with E-state index >= 15 is 0 Å². The number of aromatic amines is 1. The second kappa shape index (κ2) is 7.53. The molecule has 3 rings (SSSR count). The number of nitrogen functional groups attached to an aromatic ring is 1. The Morgan fingerprint density at radius 3 is 2.39 bits per heavy atom. The molecule has 142 valence electrons. The molecule has 28 heavy (non-hydrogen) atoms. The maximum absolute atomic E-state index is 12.9. The highest BCUT2D eigenvalue weighted by atomic mass is 19.4. The van der Waals surface area contributed by atoms with E-state index in [0.717, 1.165) is 12.1 Å². The SMILES string of the molecule is CNc1[nH]cc(C#Cc2cccc(-c3cccc(C(F)(F)F)c3)c2)c1C(=N)N. The highest BCUT2D eigenvalue weighted by Crippen LogP contribution is 2.32. The molecular formula is C21H17F3N4. The molecule has 0 aliphatic carbocycles. The first-order valence-electron chi connectivity index (χ1n) is 8.33. The van der Waals surface area contributed by atoms with E-state index in [4.69, 9.17) is 11.1 Å². The number of nitrogens with one attached hydrogen (secondary N) is 3. The zero-order valence-corrected chi connectivity index (χ0v) is 14.9. The Hall–Kier alpha value is -3.66. The van der Waals surface area contributed by atoms with Crippen molar-refractivity contribution in [2.45, 2.75) is 6.18 Å². The van der Waals surface area contributed by atoms with Crippen LogP contribution in [0.5, 0.6) is 0 Å². The Morgan fingerprint density at radius 2 is 1.75 bits per heavy atom. The molecule has 0 fully saturated rings. The Labute approximate surface area is 160 Å². The Bertz CT molecular complexity index is 1080. The van der Waals surface area contributed by atoms with Crippen LogP contribution < -0.4 is 11.1 Å². The van der Waals surface area contributed by atoms with E-state index in [1.165, 1.54) is 6.07 Å². The molecule has 0 bridgehead atoms. The molecule has 0 amide bonds. The van der Waals surface area contributed by atoms with Crippen molar-refractivity contribution < 1.29 is 13.2 Å². The number of aromatic nitrogens is 1. The molecule has 7 heteroatoms. The predicted octanol–water partition coefficient (Wildman–Crippen LogP) is 4.43. The van der Waals surface area contributed by atoms with Crippen molar-refractivity contribution in [2.75, 3.05) is 12.4 Å². The molecule has 1 aromatic heterocycles. The second-order valence-corrected chi connectivity index (χ2v) is 6.03. The Kier molecular flexibility index (Phi) is 5.14. The van der Waals surface area contributed by atoms with Gasteiger partial charge in [0.1, 0.15) is 11.7 Å². The second-order valence-electron chi connectivity index (χ2n) is 6.03. The van der Waals surface area contributed by atoms with E-state index in [0.29, 0.717) is 33.6 Å². The number of nitrogens with two attached hydrogens (primary N) is 1. The van der Waals surface area contributed by atoms with Crippen LogP contribution in [0.2, 0.25) is 0 Å². The molecule has 0 unspecified atom stereocenters. The number of anilines is 1. The lowest BCUT2D eigenvalue weighted by atomic mass is 10.0. The topological polar surface area (TPSA) is 77.7 Å². The van der Waals surface area contributed by atoms with Crippen LogP contribution in [0.3, 0.4) is 0 Å². The van der Waals surface area contributed by atoms with E-state index in [9.17, 15) is 13.2 Å². The fourth-order valence-electron chi connectivity index (χ4n) is 2.79. The van der Waals surface area contributed by atoms with Crippen LogP contribution in [-0.4, -0.2) is 17.9 Å². The van der Waals surface area contributed by atoms with Crippen molar-refractivity contribution in [2.24, 2.45) is 5.73 Å². The summed E-state index contributed by atoms with van der Waals surface area (Å²) in [5, 5.41) is 10.6. The minimum Gasteiger partial charge on any atom is -0.384 e. The van der Waals surface area contributed by atoms with Crippen LogP contribution in [0.15, 0.2) is 54.7 Å². The number of hydrogen-bond acceptors (Lipinski definition) is 2. The molecule has 0 aliphatic heterocycles. The zero-order valence-electron chi connectivity index (χ0n) is 14.9. The number of amidine groups is 1. The standard InChI is InChI=1S/C21H17F3N4/c1-27-20-18(19(25)26)16(12-28-20)9-8-13-4-2-5-14(10-13)15-6-3-7-17(11-15)21(22,23)24/h2-7,10-12,27-28H,1H3,(H3,25,26). The van der Waals surface area contributed by atoms with Crippen LogP contribution in [-0.2, 0) is 6.18 Å². The van der Waals surface area contributed by atoms with Gasteiger partial charge in [0.05, 0.1) is 16.7 Å². The summed E-state index contributed by atoms with van der Waals surface area (Å²) in [6, 6.07) is 12.1. The summed E-state index contributed by atoms with van der Waals surface area (Å²) in [6.07, 6.45) is -2.75. The van der Waals surface area contributed by atoms with E-state index in [1.807, 2.05) is 0 Å². The van der Waals surface area contributed by atoms with Gasteiger partial charge in [0.25, 0.3) is 0 Å². The van der Waals surface area contributed by atoms with Gasteiger partial charge in [-0.3, -0.25) is 5.41 Å². The van der Waals surface area contributed by atoms with Crippen molar-refractivity contribution >= 4 is 11.7 Å². The average Bonchev–Trinajstić information content (AvgIpc) is 3.09. The summed E-state index contributed by atoms with van der Waals surface area (Å²) in [7, 11) is 1.70. The predicted molar refractivity (Wildman–Crippen MR) is 104 cm³/mol. The maximum atomic E-state index is 12.9. The van der Waals surface area contributed by atoms with Gasteiger partial charge in [0.2, 0.25) is 0 Å². The van der Waals surface area contributed by atoms with Gasteiger partial charge in [0, 0.05) is 18.8 Å². The summed E-state index contributed by atoms with van der Waals surface area (Å²) in [5.74, 6) is 6.41. The lowest BCUT2D eigenvalue weighted by Crippen LogP contribution is -2.13. The minimum absolute atomic E-state index is 0.118. The summed E-state index contributed by atoms with van der Waals surface area (Å²) in [5.41, 5.74) is 7.69. The molecule has 0 atom stereocenters. The average molecular weight is 382 g/mol. The lowest BCUT2D eigenvalue weighted by molar-refractivity contribution is -0.137. The maximum Gasteiger partial charge on any atom is 0.416 e. The molecule has 0 aliphatic rings. The van der Waals surface area contributed by atoms with Gasteiger partial charge in [-0.1, -0.05) is 36.1 Å². The summed E-state index contributed by atoms with van der Waals surface area (Å²) < 4.78 is 38.8. The Morgan fingerprint density at radius 1 is 1.07 bits per heavy atom. The van der Waals surface area contributed by atoms with Gasteiger partial charge in [-0.25, -0.2) is 0 Å². The van der Waals surface area contributed by atoms with Crippen LogP contribution in [0, 0.1) is 17.3 Å². The molecule has 0 spiro atoms. The molecule has 2 aromatic carbocycles. The summed E-state index contributed by atoms with van der Waals surface area (Å²) >= 11 is 0. The van der Waals surface area contributed by atoms with Crippen molar-refractivity contribution in [1.29, 1.82) is 5.41 Å². The molecule has 3 aromatic rings. The van der Waals surface area contributed by atoms with Gasteiger partial charge < -0.3 is 16.0 Å². The van der Waals surface area contributed by atoms with E-state index < -0.39 is 11.7 Å². The highest BCUT2D eigenvalue weighted by molar-refractivity contribution is 6.02. The van der Waals surface area contributed by atoms with Gasteiger partial charge in [-0.2, -0.15) is 13.2 Å². The quantitative estimate of drug-likeness (QED) is 0.307. The Balaban J connectivity index is 1.96. The van der Waals surface area contributed by atoms with Gasteiger partial charge in [-0.05, 0) is 35.4 Å². The monoisotopic (exact) mass is 382 g/mol. The third-order valence-electron chi connectivity index (χ3n) is 4.13. The fraction of sp³-hybridized carbons (Fsp3) is 0.0952. The van der Waals surface area contributed by atoms with Crippen molar-refractivity contribution in [3.8, 4) is 23.0 Å². The van der Waals surface area contributed by atoms with E-state index in [1.54, 1.807) is 43.6 Å². The molecule has 1 heterocycles.